The fourth-order valence-corrected chi connectivity index (χ4v) is 1.89. The van der Waals surface area contributed by atoms with Crippen molar-refractivity contribution in [2.75, 3.05) is 20.8 Å². The predicted octanol–water partition coefficient (Wildman–Crippen LogP) is 1.69. The zero-order chi connectivity index (χ0) is 10.6. The molecule has 0 aromatic carbocycles. The lowest BCUT2D eigenvalue weighted by atomic mass is 9.89. The van der Waals surface area contributed by atoms with E-state index < -0.39 is 0 Å². The van der Waals surface area contributed by atoms with E-state index in [1.807, 2.05) is 13.3 Å². The molecule has 0 saturated heterocycles. The van der Waals surface area contributed by atoms with E-state index in [-0.39, 0.29) is 11.6 Å². The minimum absolute atomic E-state index is 0.193. The zero-order valence-electron chi connectivity index (χ0n) is 9.59. The summed E-state index contributed by atoms with van der Waals surface area (Å²) in [6.07, 6.45) is 4.08. The van der Waals surface area contributed by atoms with Gasteiger partial charge in [0.05, 0.1) is 24.5 Å². The fourth-order valence-electron chi connectivity index (χ4n) is 1.89. The zero-order valence-corrected chi connectivity index (χ0v) is 9.59. The van der Waals surface area contributed by atoms with E-state index in [0.29, 0.717) is 0 Å². The molecule has 1 N–H and O–H groups in total. The minimum Gasteiger partial charge on any atom is -0.501 e. The van der Waals surface area contributed by atoms with Gasteiger partial charge in [0.2, 0.25) is 0 Å². The monoisotopic (exact) mass is 199 g/mol. The molecule has 3 heteroatoms. The van der Waals surface area contributed by atoms with Gasteiger partial charge in [0.15, 0.2) is 0 Å². The highest BCUT2D eigenvalue weighted by molar-refractivity contribution is 5.15. The number of nitrogens with one attached hydrogen (secondary N) is 1. The molecule has 1 aliphatic heterocycles. The third-order valence-corrected chi connectivity index (χ3v) is 2.84. The summed E-state index contributed by atoms with van der Waals surface area (Å²) in [7, 11) is 3.70. The van der Waals surface area contributed by atoms with Crippen LogP contribution in [0.25, 0.3) is 0 Å². The van der Waals surface area contributed by atoms with Gasteiger partial charge in [-0.3, -0.25) is 0 Å². The normalized spacial score (nSPS) is 19.9. The fraction of sp³-hybridized carbons (Fsp3) is 0.818. The lowest BCUT2D eigenvalue weighted by molar-refractivity contribution is -0.00102. The van der Waals surface area contributed by atoms with Gasteiger partial charge in [0.25, 0.3) is 0 Å². The van der Waals surface area contributed by atoms with E-state index in [1.54, 1.807) is 7.11 Å². The highest BCUT2D eigenvalue weighted by Crippen LogP contribution is 2.25. The Labute approximate surface area is 86.5 Å². The second kappa shape index (κ2) is 4.80. The van der Waals surface area contributed by atoms with Crippen molar-refractivity contribution in [3.8, 4) is 0 Å². The van der Waals surface area contributed by atoms with Crippen molar-refractivity contribution in [3.05, 3.63) is 11.8 Å². The summed E-state index contributed by atoms with van der Waals surface area (Å²) < 4.78 is 10.8. The van der Waals surface area contributed by atoms with Crippen molar-refractivity contribution in [3.63, 3.8) is 0 Å². The summed E-state index contributed by atoms with van der Waals surface area (Å²) in [5, 5.41) is 3.29. The van der Waals surface area contributed by atoms with E-state index in [4.69, 9.17) is 9.47 Å². The lowest BCUT2D eigenvalue weighted by Gasteiger charge is -2.35. The standard InChI is InChI=1S/C11H21NO2/c1-11(2,13-4)10(12-3)9-6-5-7-14-8-9/h8,10,12H,5-7H2,1-4H3. The van der Waals surface area contributed by atoms with Gasteiger partial charge in [-0.2, -0.15) is 0 Å². The largest absolute Gasteiger partial charge is 0.501 e. The molecular formula is C11H21NO2. The van der Waals surface area contributed by atoms with Crippen LogP contribution in [0.1, 0.15) is 26.7 Å². The summed E-state index contributed by atoms with van der Waals surface area (Å²) in [5.41, 5.74) is 1.10. The molecule has 0 amide bonds. The number of likely N-dealkylation sites (N-methyl/N-ethyl adjacent to an activating group) is 1. The SMILES string of the molecule is CNC(C1=COCCC1)C(C)(C)OC. The maximum atomic E-state index is 5.49. The molecule has 1 unspecified atom stereocenters. The van der Waals surface area contributed by atoms with Crippen LogP contribution in [-0.4, -0.2) is 32.4 Å². The third-order valence-electron chi connectivity index (χ3n) is 2.84. The molecule has 1 atom stereocenters. The Morgan fingerprint density at radius 2 is 2.29 bits per heavy atom. The Morgan fingerprint density at radius 3 is 2.71 bits per heavy atom. The first-order valence-electron chi connectivity index (χ1n) is 5.15. The smallest absolute Gasteiger partial charge is 0.0876 e. The van der Waals surface area contributed by atoms with Crippen LogP contribution in [-0.2, 0) is 9.47 Å². The molecule has 0 spiro atoms. The van der Waals surface area contributed by atoms with Crippen LogP contribution >= 0.6 is 0 Å². The maximum absolute atomic E-state index is 5.49. The average Bonchev–Trinajstić information content (AvgIpc) is 2.20. The van der Waals surface area contributed by atoms with Crippen molar-refractivity contribution >= 4 is 0 Å². The van der Waals surface area contributed by atoms with Gasteiger partial charge in [0, 0.05) is 7.11 Å². The molecule has 0 saturated carbocycles. The van der Waals surface area contributed by atoms with E-state index in [9.17, 15) is 0 Å². The number of ether oxygens (including phenoxy) is 2. The molecule has 82 valence electrons. The first-order chi connectivity index (χ1) is 6.61. The molecule has 0 fully saturated rings. The van der Waals surface area contributed by atoms with Crippen molar-refractivity contribution in [2.24, 2.45) is 0 Å². The molecule has 1 aliphatic rings. The maximum Gasteiger partial charge on any atom is 0.0876 e. The summed E-state index contributed by atoms with van der Waals surface area (Å²) in [6.45, 7) is 5.01. The summed E-state index contributed by atoms with van der Waals surface area (Å²) in [5.74, 6) is 0. The van der Waals surface area contributed by atoms with Crippen LogP contribution in [0.2, 0.25) is 0 Å². The minimum atomic E-state index is -0.193. The first-order valence-corrected chi connectivity index (χ1v) is 5.15. The summed E-state index contributed by atoms with van der Waals surface area (Å²) in [6, 6.07) is 0.229. The Hall–Kier alpha value is -0.540. The Kier molecular flexibility index (Phi) is 3.96. The average molecular weight is 199 g/mol. The first kappa shape index (κ1) is 11.5. The van der Waals surface area contributed by atoms with Gasteiger partial charge in [-0.25, -0.2) is 0 Å². The topological polar surface area (TPSA) is 30.5 Å². The van der Waals surface area contributed by atoms with Gasteiger partial charge in [-0.05, 0) is 39.3 Å². The van der Waals surface area contributed by atoms with E-state index in [1.165, 1.54) is 5.57 Å². The summed E-state index contributed by atoms with van der Waals surface area (Å²) in [4.78, 5) is 0. The molecule has 0 aromatic rings. The lowest BCUT2D eigenvalue weighted by Crippen LogP contribution is -2.48. The molecule has 0 radical (unpaired) electrons. The Bertz CT molecular complexity index is 211. The highest BCUT2D eigenvalue weighted by Gasteiger charge is 2.31. The highest BCUT2D eigenvalue weighted by atomic mass is 16.5. The molecular weight excluding hydrogens is 178 g/mol. The van der Waals surface area contributed by atoms with Crippen LogP contribution < -0.4 is 5.32 Å². The molecule has 3 nitrogen and oxygen atoms in total. The van der Waals surface area contributed by atoms with Gasteiger partial charge in [-0.1, -0.05) is 0 Å². The Balaban J connectivity index is 2.74. The van der Waals surface area contributed by atoms with Crippen molar-refractivity contribution in [1.29, 1.82) is 0 Å². The number of hydrogen-bond donors (Lipinski definition) is 1. The number of hydrogen-bond acceptors (Lipinski definition) is 3. The van der Waals surface area contributed by atoms with Gasteiger partial charge >= 0.3 is 0 Å². The molecule has 0 bridgehead atoms. The molecule has 0 aliphatic carbocycles. The van der Waals surface area contributed by atoms with Crippen LogP contribution in [0.15, 0.2) is 11.8 Å². The van der Waals surface area contributed by atoms with Crippen LogP contribution in [0, 0.1) is 0 Å². The van der Waals surface area contributed by atoms with Crippen LogP contribution in [0.5, 0.6) is 0 Å². The van der Waals surface area contributed by atoms with E-state index in [2.05, 4.69) is 19.2 Å². The Morgan fingerprint density at radius 1 is 1.57 bits per heavy atom. The van der Waals surface area contributed by atoms with Crippen LogP contribution in [0.3, 0.4) is 0 Å². The van der Waals surface area contributed by atoms with Gasteiger partial charge in [-0.15, -0.1) is 0 Å². The van der Waals surface area contributed by atoms with Crippen molar-refractivity contribution in [2.45, 2.75) is 38.3 Å². The van der Waals surface area contributed by atoms with Crippen molar-refractivity contribution < 1.29 is 9.47 Å². The van der Waals surface area contributed by atoms with Gasteiger partial charge < -0.3 is 14.8 Å². The molecule has 0 aromatic heterocycles. The van der Waals surface area contributed by atoms with E-state index in [0.717, 1.165) is 19.4 Å². The molecule has 14 heavy (non-hydrogen) atoms. The van der Waals surface area contributed by atoms with Crippen molar-refractivity contribution in [1.82, 2.24) is 5.32 Å². The predicted molar refractivity (Wildman–Crippen MR) is 57.2 cm³/mol. The quantitative estimate of drug-likeness (QED) is 0.747. The third kappa shape index (κ3) is 2.49. The number of methoxy groups -OCH3 is 1. The summed E-state index contributed by atoms with van der Waals surface area (Å²) >= 11 is 0. The van der Waals surface area contributed by atoms with E-state index >= 15 is 0 Å². The molecule has 1 rings (SSSR count). The second-order valence-electron chi connectivity index (χ2n) is 4.20. The number of rotatable bonds is 4. The molecule has 1 heterocycles. The van der Waals surface area contributed by atoms with Crippen LogP contribution in [0.4, 0.5) is 0 Å². The van der Waals surface area contributed by atoms with Gasteiger partial charge in [0.1, 0.15) is 0 Å². The second-order valence-corrected chi connectivity index (χ2v) is 4.20.